The predicted octanol–water partition coefficient (Wildman–Crippen LogP) is 3.18. The van der Waals surface area contributed by atoms with E-state index < -0.39 is 0 Å². The molecule has 4 heteroatoms. The van der Waals surface area contributed by atoms with E-state index >= 15 is 0 Å². The Kier molecular flexibility index (Phi) is 3.87. The molecule has 1 aromatic rings. The summed E-state index contributed by atoms with van der Waals surface area (Å²) in [4.78, 5) is 2.33. The standard InChI is InChI=1S/C14H21FN2S/c1-10(16)12-8-11(15)4-5-13(12)17-6-7-18-14(2,3)9-17/h4-5,8,10H,6-7,9,16H2,1-3H3/t10-/m0/s1. The van der Waals surface area contributed by atoms with Gasteiger partial charge in [-0.05, 0) is 44.5 Å². The second-order valence-electron chi connectivity index (χ2n) is 5.52. The fraction of sp³-hybridized carbons (Fsp3) is 0.571. The summed E-state index contributed by atoms with van der Waals surface area (Å²) >= 11 is 1.99. The Labute approximate surface area is 113 Å². The number of hydrogen-bond acceptors (Lipinski definition) is 3. The predicted molar refractivity (Wildman–Crippen MR) is 77.8 cm³/mol. The molecule has 0 amide bonds. The molecule has 100 valence electrons. The molecule has 1 atom stereocenters. The average Bonchev–Trinajstić information content (AvgIpc) is 2.27. The van der Waals surface area contributed by atoms with Gasteiger partial charge < -0.3 is 10.6 Å². The van der Waals surface area contributed by atoms with Crippen molar-refractivity contribution in [2.24, 2.45) is 5.73 Å². The molecule has 0 bridgehead atoms. The highest BCUT2D eigenvalue weighted by molar-refractivity contribution is 8.00. The third-order valence-electron chi connectivity index (χ3n) is 3.25. The van der Waals surface area contributed by atoms with Crippen molar-refractivity contribution in [1.82, 2.24) is 0 Å². The molecular weight excluding hydrogens is 247 g/mol. The van der Waals surface area contributed by atoms with Gasteiger partial charge in [0.1, 0.15) is 5.82 Å². The zero-order valence-electron chi connectivity index (χ0n) is 11.2. The fourth-order valence-electron chi connectivity index (χ4n) is 2.40. The minimum absolute atomic E-state index is 0.145. The van der Waals surface area contributed by atoms with Crippen LogP contribution in [0.25, 0.3) is 0 Å². The van der Waals surface area contributed by atoms with Crippen LogP contribution < -0.4 is 10.6 Å². The van der Waals surface area contributed by atoms with E-state index in [1.54, 1.807) is 6.07 Å². The lowest BCUT2D eigenvalue weighted by Crippen LogP contribution is -2.43. The van der Waals surface area contributed by atoms with Crippen LogP contribution in [0, 0.1) is 5.82 Å². The minimum atomic E-state index is -0.211. The number of nitrogens with zero attached hydrogens (tertiary/aromatic N) is 1. The molecule has 1 fully saturated rings. The molecule has 1 aliphatic rings. The molecule has 1 heterocycles. The van der Waals surface area contributed by atoms with Crippen molar-refractivity contribution in [2.45, 2.75) is 31.6 Å². The smallest absolute Gasteiger partial charge is 0.123 e. The number of hydrogen-bond donors (Lipinski definition) is 1. The van der Waals surface area contributed by atoms with Gasteiger partial charge in [0.25, 0.3) is 0 Å². The van der Waals surface area contributed by atoms with Crippen molar-refractivity contribution in [1.29, 1.82) is 0 Å². The number of benzene rings is 1. The Morgan fingerprint density at radius 3 is 2.78 bits per heavy atom. The summed E-state index contributed by atoms with van der Waals surface area (Å²) in [5, 5.41) is 0. The van der Waals surface area contributed by atoms with E-state index in [9.17, 15) is 4.39 Å². The van der Waals surface area contributed by atoms with E-state index in [-0.39, 0.29) is 16.6 Å². The van der Waals surface area contributed by atoms with Crippen LogP contribution >= 0.6 is 11.8 Å². The fourth-order valence-corrected chi connectivity index (χ4v) is 3.51. The molecule has 1 aliphatic heterocycles. The lowest BCUT2D eigenvalue weighted by molar-refractivity contribution is 0.616. The summed E-state index contributed by atoms with van der Waals surface area (Å²) < 4.78 is 13.6. The van der Waals surface area contributed by atoms with Crippen LogP contribution in [0.1, 0.15) is 32.4 Å². The van der Waals surface area contributed by atoms with Gasteiger partial charge in [-0.15, -0.1) is 0 Å². The summed E-state index contributed by atoms with van der Waals surface area (Å²) in [6.07, 6.45) is 0. The van der Waals surface area contributed by atoms with Gasteiger partial charge in [-0.1, -0.05) is 0 Å². The van der Waals surface area contributed by atoms with Gasteiger partial charge in [0.15, 0.2) is 0 Å². The van der Waals surface area contributed by atoms with E-state index in [1.165, 1.54) is 6.07 Å². The first-order valence-corrected chi connectivity index (χ1v) is 7.31. The Balaban J connectivity index is 2.32. The van der Waals surface area contributed by atoms with Crippen LogP contribution in [-0.4, -0.2) is 23.6 Å². The SMILES string of the molecule is C[C@H](N)c1cc(F)ccc1N1CCSC(C)(C)C1. The van der Waals surface area contributed by atoms with Crippen LogP contribution in [0.15, 0.2) is 18.2 Å². The van der Waals surface area contributed by atoms with Crippen LogP contribution in [0.4, 0.5) is 10.1 Å². The maximum atomic E-state index is 13.3. The molecule has 0 aliphatic carbocycles. The quantitative estimate of drug-likeness (QED) is 0.893. The van der Waals surface area contributed by atoms with Gasteiger partial charge in [-0.2, -0.15) is 11.8 Å². The van der Waals surface area contributed by atoms with Gasteiger partial charge in [0.05, 0.1) is 0 Å². The molecule has 0 saturated carbocycles. The van der Waals surface area contributed by atoms with Crippen molar-refractivity contribution in [3.8, 4) is 0 Å². The Morgan fingerprint density at radius 2 is 2.17 bits per heavy atom. The summed E-state index contributed by atoms with van der Waals surface area (Å²) in [6.45, 7) is 8.38. The second-order valence-corrected chi connectivity index (χ2v) is 7.32. The van der Waals surface area contributed by atoms with Gasteiger partial charge in [0, 0.05) is 35.3 Å². The number of halogens is 1. The lowest BCUT2D eigenvalue weighted by Gasteiger charge is -2.40. The lowest BCUT2D eigenvalue weighted by atomic mass is 10.0. The molecule has 2 nitrogen and oxygen atoms in total. The maximum absolute atomic E-state index is 13.3. The summed E-state index contributed by atoms with van der Waals surface area (Å²) in [5.74, 6) is 0.889. The van der Waals surface area contributed by atoms with Gasteiger partial charge in [0.2, 0.25) is 0 Å². The molecule has 18 heavy (non-hydrogen) atoms. The molecular formula is C14H21FN2S. The number of rotatable bonds is 2. The molecule has 0 spiro atoms. The Morgan fingerprint density at radius 1 is 1.44 bits per heavy atom. The normalized spacial score (nSPS) is 20.8. The van der Waals surface area contributed by atoms with E-state index in [0.717, 1.165) is 30.1 Å². The number of nitrogens with two attached hydrogens (primary N) is 1. The molecule has 1 saturated heterocycles. The molecule has 0 radical (unpaired) electrons. The first-order chi connectivity index (χ1) is 8.39. The first kappa shape index (κ1) is 13.7. The number of anilines is 1. The van der Waals surface area contributed by atoms with Crippen LogP contribution in [0.5, 0.6) is 0 Å². The van der Waals surface area contributed by atoms with Crippen molar-refractivity contribution in [3.05, 3.63) is 29.6 Å². The Bertz CT molecular complexity index is 432. The van der Waals surface area contributed by atoms with Crippen molar-refractivity contribution in [3.63, 3.8) is 0 Å². The highest BCUT2D eigenvalue weighted by Gasteiger charge is 2.28. The zero-order chi connectivity index (χ0) is 13.3. The molecule has 0 aromatic heterocycles. The summed E-state index contributed by atoms with van der Waals surface area (Å²) in [5.41, 5.74) is 7.94. The van der Waals surface area contributed by atoms with Crippen LogP contribution in [0.2, 0.25) is 0 Å². The second kappa shape index (κ2) is 5.10. The van der Waals surface area contributed by atoms with E-state index in [1.807, 2.05) is 24.8 Å². The maximum Gasteiger partial charge on any atom is 0.123 e. The van der Waals surface area contributed by atoms with Crippen LogP contribution in [0.3, 0.4) is 0 Å². The highest BCUT2D eigenvalue weighted by atomic mass is 32.2. The van der Waals surface area contributed by atoms with Crippen LogP contribution in [-0.2, 0) is 0 Å². The summed E-state index contributed by atoms with van der Waals surface area (Å²) in [6, 6.07) is 4.80. The van der Waals surface area contributed by atoms with Gasteiger partial charge in [-0.3, -0.25) is 0 Å². The average molecular weight is 268 g/mol. The first-order valence-electron chi connectivity index (χ1n) is 6.33. The van der Waals surface area contributed by atoms with E-state index in [2.05, 4.69) is 18.7 Å². The van der Waals surface area contributed by atoms with Crippen molar-refractivity contribution in [2.75, 3.05) is 23.7 Å². The van der Waals surface area contributed by atoms with Gasteiger partial charge in [-0.25, -0.2) is 4.39 Å². The monoisotopic (exact) mass is 268 g/mol. The zero-order valence-corrected chi connectivity index (χ0v) is 12.1. The number of thioether (sulfide) groups is 1. The molecule has 1 aromatic carbocycles. The molecule has 2 N–H and O–H groups in total. The summed E-state index contributed by atoms with van der Waals surface area (Å²) in [7, 11) is 0. The largest absolute Gasteiger partial charge is 0.369 e. The van der Waals surface area contributed by atoms with E-state index in [0.29, 0.717) is 0 Å². The molecule has 0 unspecified atom stereocenters. The van der Waals surface area contributed by atoms with E-state index in [4.69, 9.17) is 5.73 Å². The van der Waals surface area contributed by atoms with Gasteiger partial charge >= 0.3 is 0 Å². The molecule has 2 rings (SSSR count). The third-order valence-corrected chi connectivity index (χ3v) is 4.54. The van der Waals surface area contributed by atoms with Crippen molar-refractivity contribution < 1.29 is 4.39 Å². The third kappa shape index (κ3) is 2.98. The highest BCUT2D eigenvalue weighted by Crippen LogP contribution is 2.35. The minimum Gasteiger partial charge on any atom is -0.369 e. The Hall–Kier alpha value is -0.740. The topological polar surface area (TPSA) is 29.3 Å². The van der Waals surface area contributed by atoms with Crippen molar-refractivity contribution >= 4 is 17.4 Å².